The largest absolute Gasteiger partial charge is 0.497 e. The molecule has 35 heavy (non-hydrogen) atoms. The highest BCUT2D eigenvalue weighted by Crippen LogP contribution is 2.23. The van der Waals surface area contributed by atoms with Crippen molar-refractivity contribution in [3.63, 3.8) is 0 Å². The third-order valence-corrected chi connectivity index (χ3v) is 6.32. The summed E-state index contributed by atoms with van der Waals surface area (Å²) in [6, 6.07) is 11.5. The number of nitrogens with zero attached hydrogens (tertiary/aromatic N) is 2. The zero-order valence-corrected chi connectivity index (χ0v) is 21.9. The van der Waals surface area contributed by atoms with Crippen LogP contribution in [0.4, 0.5) is 10.1 Å². The van der Waals surface area contributed by atoms with Gasteiger partial charge in [0.25, 0.3) is 0 Å². The van der Waals surface area contributed by atoms with Crippen molar-refractivity contribution >= 4 is 27.5 Å². The molecular formula is C25H34FN3O5S. The van der Waals surface area contributed by atoms with E-state index in [2.05, 4.69) is 5.32 Å². The molecule has 10 heteroatoms. The fourth-order valence-corrected chi connectivity index (χ4v) is 4.40. The lowest BCUT2D eigenvalue weighted by Gasteiger charge is -2.34. The number of methoxy groups -OCH3 is 1. The van der Waals surface area contributed by atoms with Gasteiger partial charge in [0.1, 0.15) is 24.2 Å². The molecule has 0 unspecified atom stereocenters. The van der Waals surface area contributed by atoms with Gasteiger partial charge in [-0.15, -0.1) is 0 Å². The van der Waals surface area contributed by atoms with Crippen LogP contribution in [0.25, 0.3) is 0 Å². The molecule has 0 aromatic heterocycles. The second-order valence-electron chi connectivity index (χ2n) is 9.25. The summed E-state index contributed by atoms with van der Waals surface area (Å²) in [5.41, 5.74) is -0.0523. The van der Waals surface area contributed by atoms with Crippen LogP contribution in [0.2, 0.25) is 0 Å². The Kier molecular flexibility index (Phi) is 9.25. The fraction of sp³-hybridized carbons (Fsp3) is 0.440. The highest BCUT2D eigenvalue weighted by molar-refractivity contribution is 7.92. The number of hydrogen-bond acceptors (Lipinski definition) is 5. The van der Waals surface area contributed by atoms with Crippen LogP contribution in [0, 0.1) is 5.82 Å². The Morgan fingerprint density at radius 2 is 1.69 bits per heavy atom. The predicted molar refractivity (Wildman–Crippen MR) is 134 cm³/mol. The summed E-state index contributed by atoms with van der Waals surface area (Å²) in [6.07, 6.45) is 1.20. The average Bonchev–Trinajstić information content (AvgIpc) is 2.76. The van der Waals surface area contributed by atoms with Crippen LogP contribution in [-0.2, 0) is 26.2 Å². The number of benzene rings is 2. The monoisotopic (exact) mass is 507 g/mol. The molecule has 0 bridgehead atoms. The van der Waals surface area contributed by atoms with E-state index in [1.165, 1.54) is 30.2 Å². The van der Waals surface area contributed by atoms with E-state index in [4.69, 9.17) is 4.74 Å². The quantitative estimate of drug-likeness (QED) is 0.532. The summed E-state index contributed by atoms with van der Waals surface area (Å²) in [4.78, 5) is 28.0. The van der Waals surface area contributed by atoms with Gasteiger partial charge in [0, 0.05) is 12.1 Å². The van der Waals surface area contributed by atoms with Gasteiger partial charge >= 0.3 is 0 Å². The zero-order valence-electron chi connectivity index (χ0n) is 21.0. The maximum atomic E-state index is 14.5. The number of ether oxygens (including phenoxy) is 1. The second kappa shape index (κ2) is 11.5. The van der Waals surface area contributed by atoms with Gasteiger partial charge in [-0.1, -0.05) is 31.2 Å². The standard InChI is InChI=1S/C25H34FN3O5S/c1-7-21(24(31)27-25(2,3)4)28(16-18-12-14-19(34-5)15-13-18)23(30)17-29(35(6,32)33)22-11-9-8-10-20(22)26/h8-15,21H,7,16-17H2,1-6H3,(H,27,31)/t21-/m1/s1. The van der Waals surface area contributed by atoms with Crippen molar-refractivity contribution in [2.24, 2.45) is 0 Å². The minimum absolute atomic E-state index is 0.0494. The number of amides is 2. The smallest absolute Gasteiger partial charge is 0.244 e. The molecular weight excluding hydrogens is 473 g/mol. The number of carbonyl (C=O) groups excluding carboxylic acids is 2. The maximum Gasteiger partial charge on any atom is 0.244 e. The number of rotatable bonds is 10. The number of halogens is 1. The Hall–Kier alpha value is -3.14. The van der Waals surface area contributed by atoms with Crippen molar-refractivity contribution in [3.05, 3.63) is 59.9 Å². The first-order valence-corrected chi connectivity index (χ1v) is 13.1. The molecule has 0 heterocycles. The first kappa shape index (κ1) is 28.1. The number of nitrogens with one attached hydrogen (secondary N) is 1. The van der Waals surface area contributed by atoms with E-state index in [0.29, 0.717) is 12.2 Å². The molecule has 192 valence electrons. The number of carbonyl (C=O) groups is 2. The van der Waals surface area contributed by atoms with Gasteiger partial charge < -0.3 is 15.0 Å². The van der Waals surface area contributed by atoms with Crippen LogP contribution in [-0.4, -0.2) is 56.6 Å². The van der Waals surface area contributed by atoms with Gasteiger partial charge in [0.2, 0.25) is 21.8 Å². The van der Waals surface area contributed by atoms with E-state index in [1.54, 1.807) is 31.2 Å². The van der Waals surface area contributed by atoms with E-state index < -0.39 is 39.9 Å². The minimum Gasteiger partial charge on any atom is -0.497 e. The summed E-state index contributed by atoms with van der Waals surface area (Å²) < 4.78 is 45.4. The minimum atomic E-state index is -4.00. The number of para-hydroxylation sites is 1. The molecule has 0 fully saturated rings. The summed E-state index contributed by atoms with van der Waals surface area (Å²) in [5, 5.41) is 2.89. The van der Waals surface area contributed by atoms with Crippen LogP contribution >= 0.6 is 0 Å². The Balaban J connectivity index is 2.46. The molecule has 0 saturated carbocycles. The molecule has 2 amide bonds. The summed E-state index contributed by atoms with van der Waals surface area (Å²) >= 11 is 0. The molecule has 0 saturated heterocycles. The first-order chi connectivity index (χ1) is 16.3. The molecule has 1 N–H and O–H groups in total. The van der Waals surface area contributed by atoms with Gasteiger partial charge in [0.05, 0.1) is 19.1 Å². The lowest BCUT2D eigenvalue weighted by molar-refractivity contribution is -0.141. The summed E-state index contributed by atoms with van der Waals surface area (Å²) in [7, 11) is -2.46. The molecule has 2 rings (SSSR count). The molecule has 0 aliphatic carbocycles. The van der Waals surface area contributed by atoms with E-state index in [-0.39, 0.29) is 18.1 Å². The molecule has 0 radical (unpaired) electrons. The van der Waals surface area contributed by atoms with Gasteiger partial charge in [-0.25, -0.2) is 12.8 Å². The maximum absolute atomic E-state index is 14.5. The van der Waals surface area contributed by atoms with E-state index in [1.807, 2.05) is 20.8 Å². The van der Waals surface area contributed by atoms with Crippen LogP contribution in [0.3, 0.4) is 0 Å². The zero-order chi connectivity index (χ0) is 26.4. The van der Waals surface area contributed by atoms with E-state index in [0.717, 1.165) is 22.2 Å². The number of anilines is 1. The van der Waals surface area contributed by atoms with Crippen LogP contribution in [0.15, 0.2) is 48.5 Å². The van der Waals surface area contributed by atoms with Crippen molar-refractivity contribution in [2.75, 3.05) is 24.2 Å². The van der Waals surface area contributed by atoms with Crippen LogP contribution in [0.5, 0.6) is 5.75 Å². The average molecular weight is 508 g/mol. The molecule has 2 aromatic rings. The van der Waals surface area contributed by atoms with Crippen LogP contribution in [0.1, 0.15) is 39.7 Å². The molecule has 1 atom stereocenters. The summed E-state index contributed by atoms with van der Waals surface area (Å²) in [5.74, 6) is -1.14. The third-order valence-electron chi connectivity index (χ3n) is 5.20. The van der Waals surface area contributed by atoms with Gasteiger partial charge in [-0.2, -0.15) is 0 Å². The Labute approximate surface area is 207 Å². The highest BCUT2D eigenvalue weighted by Gasteiger charge is 2.33. The molecule has 0 aliphatic rings. The highest BCUT2D eigenvalue weighted by atomic mass is 32.2. The fourth-order valence-electron chi connectivity index (χ4n) is 3.55. The summed E-state index contributed by atoms with van der Waals surface area (Å²) in [6.45, 7) is 6.65. The third kappa shape index (κ3) is 7.95. The van der Waals surface area contributed by atoms with E-state index >= 15 is 0 Å². The second-order valence-corrected chi connectivity index (χ2v) is 11.2. The Morgan fingerprint density at radius 3 is 2.17 bits per heavy atom. The first-order valence-electron chi connectivity index (χ1n) is 11.2. The SMILES string of the molecule is CC[C@H](C(=O)NC(C)(C)C)N(Cc1ccc(OC)cc1)C(=O)CN(c1ccccc1F)S(C)(=O)=O. The van der Waals surface area contributed by atoms with Gasteiger partial charge in [-0.3, -0.25) is 13.9 Å². The lowest BCUT2D eigenvalue weighted by Crippen LogP contribution is -2.55. The number of sulfonamides is 1. The Bertz CT molecular complexity index is 1130. The van der Waals surface area contributed by atoms with Crippen molar-refractivity contribution < 1.29 is 27.1 Å². The molecule has 0 aliphatic heterocycles. The molecule has 8 nitrogen and oxygen atoms in total. The van der Waals surface area contributed by atoms with Gasteiger partial charge in [-0.05, 0) is 57.0 Å². The Morgan fingerprint density at radius 1 is 1.09 bits per heavy atom. The van der Waals surface area contributed by atoms with Crippen LogP contribution < -0.4 is 14.4 Å². The van der Waals surface area contributed by atoms with Crippen molar-refractivity contribution in [3.8, 4) is 5.75 Å². The van der Waals surface area contributed by atoms with Gasteiger partial charge in [0.15, 0.2) is 0 Å². The normalized spacial score (nSPS) is 12.5. The predicted octanol–water partition coefficient (Wildman–Crippen LogP) is 3.32. The molecule has 0 spiro atoms. The molecule has 2 aromatic carbocycles. The van der Waals surface area contributed by atoms with E-state index in [9.17, 15) is 22.4 Å². The van der Waals surface area contributed by atoms with Crippen molar-refractivity contribution in [1.29, 1.82) is 0 Å². The number of hydrogen-bond donors (Lipinski definition) is 1. The lowest BCUT2D eigenvalue weighted by atomic mass is 10.1. The topological polar surface area (TPSA) is 96.0 Å². The van der Waals surface area contributed by atoms with Crippen molar-refractivity contribution in [1.82, 2.24) is 10.2 Å². The van der Waals surface area contributed by atoms with Crippen molar-refractivity contribution in [2.45, 2.75) is 52.2 Å².